The van der Waals surface area contributed by atoms with E-state index < -0.39 is 5.97 Å². The van der Waals surface area contributed by atoms with Crippen molar-refractivity contribution in [3.63, 3.8) is 0 Å². The topological polar surface area (TPSA) is 117 Å². The molecule has 0 saturated heterocycles. The highest BCUT2D eigenvalue weighted by atomic mass is 16.5. The molecule has 0 bridgehead atoms. The number of carboxylic acids is 1. The summed E-state index contributed by atoms with van der Waals surface area (Å²) >= 11 is 0. The van der Waals surface area contributed by atoms with Gasteiger partial charge in [-0.05, 0) is 35.4 Å². The molecule has 0 fully saturated rings. The number of hydrogen-bond acceptors (Lipinski definition) is 7. The molecule has 0 aliphatic rings. The normalized spacial score (nSPS) is 10.0. The lowest BCUT2D eigenvalue weighted by molar-refractivity contribution is -0.137. The number of anilines is 1. The molecule has 0 heterocycles. The van der Waals surface area contributed by atoms with Crippen LogP contribution in [0.15, 0.2) is 29.4 Å². The maximum absolute atomic E-state index is 10.9. The number of rotatable bonds is 6. The summed E-state index contributed by atoms with van der Waals surface area (Å²) in [5, 5.41) is 21.2. The zero-order valence-electron chi connectivity index (χ0n) is 14.6. The Morgan fingerprint density at radius 3 is 2.04 bits per heavy atom. The van der Waals surface area contributed by atoms with Gasteiger partial charge < -0.3 is 14.6 Å². The van der Waals surface area contributed by atoms with E-state index in [1.165, 1.54) is 20.3 Å². The fraction of sp³-hybridized carbons (Fsp3) is 0.353. The van der Waals surface area contributed by atoms with Crippen molar-refractivity contribution in [3.05, 3.63) is 29.2 Å². The van der Waals surface area contributed by atoms with Crippen molar-refractivity contribution in [2.75, 3.05) is 19.7 Å². The number of nitrogens with zero attached hydrogens (tertiary/aromatic N) is 1. The van der Waals surface area contributed by atoms with Gasteiger partial charge in [0.2, 0.25) is 0 Å². The second-order valence-corrected chi connectivity index (χ2v) is 5.55. The van der Waals surface area contributed by atoms with Crippen LogP contribution in [0.3, 0.4) is 0 Å². The number of aliphatic carboxylic acids is 1. The summed E-state index contributed by atoms with van der Waals surface area (Å²) in [6, 6.07) is 6.41. The van der Waals surface area contributed by atoms with Gasteiger partial charge in [0.15, 0.2) is 0 Å². The number of ether oxygens (including phenoxy) is 2. The first-order valence-corrected chi connectivity index (χ1v) is 7.52. The molecule has 0 aromatic heterocycles. The van der Waals surface area contributed by atoms with Crippen molar-refractivity contribution >= 4 is 28.1 Å². The minimum absolute atomic E-state index is 0.222. The van der Waals surface area contributed by atoms with Crippen molar-refractivity contribution in [2.24, 2.45) is 11.1 Å². The summed E-state index contributed by atoms with van der Waals surface area (Å²) in [5.41, 5.74) is 2.70. The molecule has 2 aromatic rings. The third kappa shape index (κ3) is 5.05. The molecule has 2 aromatic carbocycles. The minimum Gasteiger partial charge on any atom is -0.496 e. The SMILES string of the molecule is CC(C)CC(=O)O.COc1ccc(OC)c2c(NO)ccc(N=O)c12. The number of benzene rings is 2. The third-order valence-electron chi connectivity index (χ3n) is 3.30. The van der Waals surface area contributed by atoms with Crippen molar-refractivity contribution in [1.29, 1.82) is 0 Å². The Morgan fingerprint density at radius 1 is 1.12 bits per heavy atom. The van der Waals surface area contributed by atoms with Gasteiger partial charge >= 0.3 is 5.97 Å². The molecule has 8 heteroatoms. The van der Waals surface area contributed by atoms with E-state index in [1.54, 1.807) is 18.2 Å². The van der Waals surface area contributed by atoms with Gasteiger partial charge in [-0.2, -0.15) is 0 Å². The Kier molecular flexibility index (Phi) is 7.61. The third-order valence-corrected chi connectivity index (χ3v) is 3.30. The van der Waals surface area contributed by atoms with Crippen LogP contribution >= 0.6 is 0 Å². The molecular weight excluding hydrogens is 328 g/mol. The molecular formula is C17H22N2O6. The van der Waals surface area contributed by atoms with Gasteiger partial charge in [0.05, 0.1) is 30.7 Å². The molecule has 0 aliphatic carbocycles. The average molecular weight is 350 g/mol. The second kappa shape index (κ2) is 9.43. The molecule has 0 radical (unpaired) electrons. The molecule has 0 aliphatic heterocycles. The van der Waals surface area contributed by atoms with Crippen LogP contribution in [0.2, 0.25) is 0 Å². The average Bonchev–Trinajstić information content (AvgIpc) is 2.59. The van der Waals surface area contributed by atoms with Crippen LogP contribution in [0.4, 0.5) is 11.4 Å². The summed E-state index contributed by atoms with van der Waals surface area (Å²) in [5.74, 6) is 0.554. The predicted molar refractivity (Wildman–Crippen MR) is 95.0 cm³/mol. The van der Waals surface area contributed by atoms with E-state index in [4.69, 9.17) is 19.8 Å². The van der Waals surface area contributed by atoms with Crippen molar-refractivity contribution in [1.82, 2.24) is 0 Å². The van der Waals surface area contributed by atoms with Gasteiger partial charge in [0, 0.05) is 6.42 Å². The molecule has 0 atom stereocenters. The lowest BCUT2D eigenvalue weighted by Crippen LogP contribution is -1.99. The van der Waals surface area contributed by atoms with Crippen LogP contribution in [0.1, 0.15) is 20.3 Å². The fourth-order valence-electron chi connectivity index (χ4n) is 2.27. The van der Waals surface area contributed by atoms with Crippen LogP contribution in [-0.2, 0) is 4.79 Å². The maximum atomic E-state index is 10.9. The van der Waals surface area contributed by atoms with Crippen LogP contribution in [0.25, 0.3) is 10.8 Å². The maximum Gasteiger partial charge on any atom is 0.303 e. The number of methoxy groups -OCH3 is 2. The molecule has 0 unspecified atom stereocenters. The smallest absolute Gasteiger partial charge is 0.303 e. The highest BCUT2D eigenvalue weighted by Crippen LogP contribution is 2.43. The van der Waals surface area contributed by atoms with Gasteiger partial charge in [-0.3, -0.25) is 15.5 Å². The van der Waals surface area contributed by atoms with Crippen LogP contribution in [0.5, 0.6) is 11.5 Å². The van der Waals surface area contributed by atoms with Crippen molar-refractivity contribution in [3.8, 4) is 11.5 Å². The number of carbonyl (C=O) groups is 1. The highest BCUT2D eigenvalue weighted by molar-refractivity contribution is 6.07. The fourth-order valence-corrected chi connectivity index (χ4v) is 2.27. The first-order valence-electron chi connectivity index (χ1n) is 7.52. The summed E-state index contributed by atoms with van der Waals surface area (Å²) in [4.78, 5) is 20.7. The van der Waals surface area contributed by atoms with E-state index in [0.29, 0.717) is 28.0 Å². The number of nitrogens with one attached hydrogen (secondary N) is 1. The molecule has 2 rings (SSSR count). The van der Waals surface area contributed by atoms with E-state index in [1.807, 2.05) is 13.8 Å². The Morgan fingerprint density at radius 2 is 1.68 bits per heavy atom. The summed E-state index contributed by atoms with van der Waals surface area (Å²) < 4.78 is 10.4. The number of fused-ring (bicyclic) bond motifs is 1. The number of hydrogen-bond donors (Lipinski definition) is 3. The minimum atomic E-state index is -0.713. The van der Waals surface area contributed by atoms with Crippen LogP contribution < -0.4 is 15.0 Å². The standard InChI is InChI=1S/C12H12N2O4.C5H10O2/c1-17-9-5-6-10(18-2)12-8(14-16)4-3-7(13-15)11(9)12;1-4(2)3-5(6)7/h3-6,13,15H,1-2H3;4H,3H2,1-2H3,(H,6,7). The monoisotopic (exact) mass is 350 g/mol. The van der Waals surface area contributed by atoms with Gasteiger partial charge in [0.1, 0.15) is 17.2 Å². The second-order valence-electron chi connectivity index (χ2n) is 5.55. The molecule has 8 nitrogen and oxygen atoms in total. The van der Waals surface area contributed by atoms with Gasteiger partial charge in [-0.1, -0.05) is 13.8 Å². The lowest BCUT2D eigenvalue weighted by atomic mass is 10.0. The largest absolute Gasteiger partial charge is 0.496 e. The van der Waals surface area contributed by atoms with Crippen LogP contribution in [0, 0.1) is 10.8 Å². The first kappa shape index (κ1) is 20.2. The van der Waals surface area contributed by atoms with E-state index in [2.05, 4.69) is 10.7 Å². The summed E-state index contributed by atoms with van der Waals surface area (Å²) in [6.07, 6.45) is 0.278. The summed E-state index contributed by atoms with van der Waals surface area (Å²) in [7, 11) is 3.00. The van der Waals surface area contributed by atoms with Crippen LogP contribution in [-0.4, -0.2) is 30.5 Å². The molecule has 0 amide bonds. The first-order chi connectivity index (χ1) is 11.9. The lowest BCUT2D eigenvalue weighted by Gasteiger charge is -2.13. The molecule has 0 saturated carbocycles. The Labute approximate surface area is 145 Å². The molecule has 136 valence electrons. The predicted octanol–water partition coefficient (Wildman–Crippen LogP) is 4.17. The van der Waals surface area contributed by atoms with E-state index in [9.17, 15) is 9.70 Å². The Bertz CT molecular complexity index is 735. The molecule has 3 N–H and O–H groups in total. The van der Waals surface area contributed by atoms with E-state index in [-0.39, 0.29) is 18.0 Å². The Hall–Kier alpha value is -2.87. The molecule has 25 heavy (non-hydrogen) atoms. The molecule has 0 spiro atoms. The zero-order valence-corrected chi connectivity index (χ0v) is 14.6. The van der Waals surface area contributed by atoms with Crippen molar-refractivity contribution in [2.45, 2.75) is 20.3 Å². The number of carboxylic acid groups (broad SMARTS) is 1. The number of nitroso groups, excluding NO2 is 1. The van der Waals surface area contributed by atoms with Gasteiger partial charge in [0.25, 0.3) is 0 Å². The Balaban J connectivity index is 0.000000381. The summed E-state index contributed by atoms with van der Waals surface area (Å²) in [6.45, 7) is 3.77. The van der Waals surface area contributed by atoms with Crippen molar-refractivity contribution < 1.29 is 24.6 Å². The van der Waals surface area contributed by atoms with Gasteiger partial charge in [-0.15, -0.1) is 4.91 Å². The van der Waals surface area contributed by atoms with Gasteiger partial charge in [-0.25, -0.2) is 0 Å². The van der Waals surface area contributed by atoms with E-state index in [0.717, 1.165) is 0 Å². The quantitative estimate of drug-likeness (QED) is 0.528. The van der Waals surface area contributed by atoms with E-state index >= 15 is 0 Å². The zero-order chi connectivity index (χ0) is 19.0. The highest BCUT2D eigenvalue weighted by Gasteiger charge is 2.15.